The second kappa shape index (κ2) is 4.28. The van der Waals surface area contributed by atoms with Crippen LogP contribution in [0.4, 0.5) is 8.78 Å². The summed E-state index contributed by atoms with van der Waals surface area (Å²) in [4.78, 5) is 0. The molecule has 2 atom stereocenters. The van der Waals surface area contributed by atoms with Crippen molar-refractivity contribution in [3.05, 3.63) is 0 Å². The second-order valence-electron chi connectivity index (χ2n) is 3.32. The van der Waals surface area contributed by atoms with Gasteiger partial charge in [0.05, 0.1) is 0 Å². The number of halogens is 3. The number of alkyl halides is 3. The molecule has 7 heteroatoms. The highest BCUT2D eigenvalue weighted by atomic mass is 35.5. The monoisotopic (exact) mass is 247 g/mol. The molecule has 14 heavy (non-hydrogen) atoms. The van der Waals surface area contributed by atoms with Crippen molar-refractivity contribution in [1.82, 2.24) is 4.31 Å². The van der Waals surface area contributed by atoms with E-state index in [-0.39, 0.29) is 11.9 Å². The van der Waals surface area contributed by atoms with Gasteiger partial charge in [-0.3, -0.25) is 0 Å². The molecule has 0 aromatic carbocycles. The van der Waals surface area contributed by atoms with Crippen molar-refractivity contribution in [2.45, 2.75) is 36.9 Å². The van der Waals surface area contributed by atoms with Crippen molar-refractivity contribution in [3.63, 3.8) is 0 Å². The number of nitrogens with zero attached hydrogens (tertiary/aromatic N) is 1. The van der Waals surface area contributed by atoms with Crippen LogP contribution in [0.1, 0.15) is 19.8 Å². The fourth-order valence-corrected chi connectivity index (χ4v) is 3.08. The van der Waals surface area contributed by atoms with Gasteiger partial charge in [0, 0.05) is 18.0 Å². The number of sulfonamides is 1. The van der Waals surface area contributed by atoms with Crippen LogP contribution >= 0.6 is 11.6 Å². The van der Waals surface area contributed by atoms with Crippen molar-refractivity contribution in [3.8, 4) is 0 Å². The Morgan fingerprint density at radius 3 is 2.57 bits per heavy atom. The van der Waals surface area contributed by atoms with E-state index in [1.54, 1.807) is 6.92 Å². The van der Waals surface area contributed by atoms with E-state index >= 15 is 0 Å². The van der Waals surface area contributed by atoms with Crippen LogP contribution in [0.25, 0.3) is 0 Å². The second-order valence-corrected chi connectivity index (χ2v) is 5.73. The predicted molar refractivity (Wildman–Crippen MR) is 50.0 cm³/mol. The van der Waals surface area contributed by atoms with E-state index in [1.807, 2.05) is 0 Å². The molecule has 0 bridgehead atoms. The van der Waals surface area contributed by atoms with Crippen molar-refractivity contribution in [2.75, 3.05) is 6.54 Å². The summed E-state index contributed by atoms with van der Waals surface area (Å²) < 4.78 is 47.6. The van der Waals surface area contributed by atoms with Crippen LogP contribution < -0.4 is 0 Å². The predicted octanol–water partition coefficient (Wildman–Crippen LogP) is 1.63. The quantitative estimate of drug-likeness (QED) is 0.696. The van der Waals surface area contributed by atoms with Gasteiger partial charge in [-0.2, -0.15) is 13.1 Å². The van der Waals surface area contributed by atoms with Crippen LogP contribution in [0, 0.1) is 0 Å². The summed E-state index contributed by atoms with van der Waals surface area (Å²) >= 11 is 5.82. The Morgan fingerprint density at radius 1 is 1.50 bits per heavy atom. The molecule has 2 unspecified atom stereocenters. The van der Waals surface area contributed by atoms with E-state index < -0.39 is 21.8 Å². The average molecular weight is 248 g/mol. The van der Waals surface area contributed by atoms with Gasteiger partial charge in [-0.05, 0) is 19.8 Å². The van der Waals surface area contributed by atoms with Crippen molar-refractivity contribution in [1.29, 1.82) is 0 Å². The summed E-state index contributed by atoms with van der Waals surface area (Å²) in [6.07, 6.45) is 1.20. The van der Waals surface area contributed by atoms with Crippen LogP contribution in [0.2, 0.25) is 0 Å². The van der Waals surface area contributed by atoms with Crippen molar-refractivity contribution < 1.29 is 17.2 Å². The summed E-state index contributed by atoms with van der Waals surface area (Å²) in [6, 6.07) is -0.551. The van der Waals surface area contributed by atoms with Gasteiger partial charge in [-0.15, -0.1) is 11.6 Å². The van der Waals surface area contributed by atoms with Crippen LogP contribution in [-0.2, 0) is 10.0 Å². The summed E-state index contributed by atoms with van der Waals surface area (Å²) in [5.74, 6) is -3.35. The zero-order valence-electron chi connectivity index (χ0n) is 7.66. The standard InChI is InChI=1S/C7H12ClF2NO2S/c1-5-6(8)3-2-4-11(5)14(12,13)7(9)10/h5-7H,2-4H2,1H3. The Morgan fingerprint density at radius 2 is 2.07 bits per heavy atom. The first kappa shape index (κ1) is 12.1. The fraction of sp³-hybridized carbons (Fsp3) is 1.00. The Kier molecular flexibility index (Phi) is 3.71. The van der Waals surface area contributed by atoms with E-state index in [0.29, 0.717) is 12.8 Å². The highest BCUT2D eigenvalue weighted by Gasteiger charge is 2.39. The summed E-state index contributed by atoms with van der Waals surface area (Å²) in [6.45, 7) is 1.69. The Bertz CT molecular complexity index is 296. The van der Waals surface area contributed by atoms with E-state index in [4.69, 9.17) is 11.6 Å². The minimum atomic E-state index is -4.47. The molecule has 0 amide bonds. The molecule has 1 rings (SSSR count). The molecule has 0 saturated carbocycles. The molecule has 0 aromatic heterocycles. The molecule has 0 spiro atoms. The van der Waals surface area contributed by atoms with Gasteiger partial charge in [0.15, 0.2) is 0 Å². The average Bonchev–Trinajstić information content (AvgIpc) is 2.09. The van der Waals surface area contributed by atoms with Crippen molar-refractivity contribution in [2.24, 2.45) is 0 Å². The third-order valence-electron chi connectivity index (χ3n) is 2.39. The molecular formula is C7H12ClF2NO2S. The summed E-state index contributed by atoms with van der Waals surface area (Å²) in [5, 5.41) is -0.378. The normalized spacial score (nSPS) is 30.9. The third kappa shape index (κ3) is 2.17. The first-order valence-electron chi connectivity index (χ1n) is 4.30. The van der Waals surface area contributed by atoms with Gasteiger partial charge >= 0.3 is 5.76 Å². The summed E-state index contributed by atoms with van der Waals surface area (Å²) in [7, 11) is -4.47. The van der Waals surface area contributed by atoms with E-state index in [0.717, 1.165) is 4.31 Å². The first-order valence-corrected chi connectivity index (χ1v) is 6.24. The number of rotatable bonds is 2. The van der Waals surface area contributed by atoms with Crippen LogP contribution in [0.15, 0.2) is 0 Å². The van der Waals surface area contributed by atoms with Gasteiger partial charge in [0.25, 0.3) is 10.0 Å². The largest absolute Gasteiger partial charge is 0.350 e. The molecule has 0 aromatic rings. The van der Waals surface area contributed by atoms with E-state index in [1.165, 1.54) is 0 Å². The Labute approximate surface area is 87.1 Å². The van der Waals surface area contributed by atoms with Crippen LogP contribution in [-0.4, -0.2) is 36.4 Å². The molecule has 1 aliphatic heterocycles. The molecule has 1 heterocycles. The van der Waals surface area contributed by atoms with E-state index in [2.05, 4.69) is 0 Å². The van der Waals surface area contributed by atoms with Gasteiger partial charge in [-0.1, -0.05) is 0 Å². The Balaban J connectivity index is 2.87. The maximum Gasteiger partial charge on any atom is 0.350 e. The molecule has 0 radical (unpaired) electrons. The number of hydrogen-bond acceptors (Lipinski definition) is 2. The topological polar surface area (TPSA) is 37.4 Å². The molecule has 0 N–H and O–H groups in total. The lowest BCUT2D eigenvalue weighted by molar-refractivity contribution is 0.198. The van der Waals surface area contributed by atoms with Crippen molar-refractivity contribution >= 4 is 21.6 Å². The molecule has 1 aliphatic rings. The molecule has 84 valence electrons. The minimum Gasteiger partial charge on any atom is -0.206 e. The SMILES string of the molecule is CC1C(Cl)CCCN1S(=O)(=O)C(F)F. The smallest absolute Gasteiger partial charge is 0.206 e. The van der Waals surface area contributed by atoms with Gasteiger partial charge in [-0.25, -0.2) is 8.42 Å². The molecule has 1 saturated heterocycles. The maximum atomic E-state index is 12.2. The van der Waals surface area contributed by atoms with Gasteiger partial charge < -0.3 is 0 Å². The molecule has 3 nitrogen and oxygen atoms in total. The molecular weight excluding hydrogens is 236 g/mol. The molecule has 1 fully saturated rings. The maximum absolute atomic E-state index is 12.2. The lowest BCUT2D eigenvalue weighted by Crippen LogP contribution is -2.49. The van der Waals surface area contributed by atoms with Crippen LogP contribution in [0.5, 0.6) is 0 Å². The van der Waals surface area contributed by atoms with Gasteiger partial charge in [0.1, 0.15) is 0 Å². The zero-order chi connectivity index (χ0) is 10.9. The van der Waals surface area contributed by atoms with Gasteiger partial charge in [0.2, 0.25) is 0 Å². The highest BCUT2D eigenvalue weighted by Crippen LogP contribution is 2.26. The number of piperidine rings is 1. The molecule has 0 aliphatic carbocycles. The lowest BCUT2D eigenvalue weighted by Gasteiger charge is -2.35. The fourth-order valence-electron chi connectivity index (χ4n) is 1.53. The first-order chi connectivity index (χ1) is 6.37. The van der Waals surface area contributed by atoms with Crippen LogP contribution in [0.3, 0.4) is 0 Å². The lowest BCUT2D eigenvalue weighted by atomic mass is 10.1. The zero-order valence-corrected chi connectivity index (χ0v) is 9.23. The third-order valence-corrected chi connectivity index (χ3v) is 4.59. The summed E-state index contributed by atoms with van der Waals surface area (Å²) in [5.41, 5.74) is 0. The number of hydrogen-bond donors (Lipinski definition) is 0. The minimum absolute atomic E-state index is 0.136. The van der Waals surface area contributed by atoms with E-state index in [9.17, 15) is 17.2 Å². The highest BCUT2D eigenvalue weighted by molar-refractivity contribution is 7.89. The Hall–Kier alpha value is 0.0600.